The summed E-state index contributed by atoms with van der Waals surface area (Å²) in [4.78, 5) is 10.6. The maximum Gasteiger partial charge on any atom is 0.124 e. The van der Waals surface area contributed by atoms with Crippen LogP contribution in [0.3, 0.4) is 0 Å². The van der Waals surface area contributed by atoms with Crippen molar-refractivity contribution in [2.75, 3.05) is 13.1 Å². The van der Waals surface area contributed by atoms with Gasteiger partial charge in [0.15, 0.2) is 0 Å². The van der Waals surface area contributed by atoms with Gasteiger partial charge in [-0.25, -0.2) is 4.98 Å². The minimum absolute atomic E-state index is 1.04. The van der Waals surface area contributed by atoms with Crippen molar-refractivity contribution in [2.45, 2.75) is 46.1 Å². The molecule has 2 aromatic heterocycles. The minimum atomic E-state index is 1.04. The summed E-state index contributed by atoms with van der Waals surface area (Å²) in [6.45, 7) is 7.74. The van der Waals surface area contributed by atoms with Gasteiger partial charge in [-0.15, -0.1) is 11.3 Å². The summed E-state index contributed by atoms with van der Waals surface area (Å²) in [5.74, 6) is 0. The molecule has 1 aromatic carbocycles. The fraction of sp³-hybridized carbons (Fsp3) is 0.409. The molecule has 5 rings (SSSR count). The first-order valence-electron chi connectivity index (χ1n) is 9.50. The maximum atomic E-state index is 5.14. The van der Waals surface area contributed by atoms with Crippen LogP contribution in [-0.2, 0) is 25.8 Å². The summed E-state index contributed by atoms with van der Waals surface area (Å²) in [5, 5.41) is 1.47. The average Bonchev–Trinajstić information content (AvgIpc) is 3.21. The number of aryl methyl sites for hydroxylation is 3. The Bertz CT molecular complexity index is 953. The van der Waals surface area contributed by atoms with Crippen LogP contribution < -0.4 is 0 Å². The van der Waals surface area contributed by atoms with Crippen LogP contribution in [0.1, 0.15) is 40.6 Å². The van der Waals surface area contributed by atoms with Gasteiger partial charge in [0.05, 0.1) is 0 Å². The second kappa shape index (κ2) is 5.93. The molecule has 0 radical (unpaired) electrons. The second-order valence-corrected chi connectivity index (χ2v) is 8.52. The third-order valence-corrected chi connectivity index (χ3v) is 7.06. The predicted octanol–water partition coefficient (Wildman–Crippen LogP) is 5.14. The van der Waals surface area contributed by atoms with E-state index >= 15 is 0 Å². The number of aromatic nitrogens is 1. The molecule has 1 aliphatic carbocycles. The first-order valence-corrected chi connectivity index (χ1v) is 10.3. The number of fused-ring (bicyclic) bond motifs is 4. The van der Waals surface area contributed by atoms with Crippen molar-refractivity contribution in [3.8, 4) is 11.1 Å². The van der Waals surface area contributed by atoms with E-state index in [1.54, 1.807) is 10.4 Å². The van der Waals surface area contributed by atoms with Crippen LogP contribution in [0.4, 0.5) is 0 Å². The summed E-state index contributed by atoms with van der Waals surface area (Å²) in [5.41, 5.74) is 8.61. The second-order valence-electron chi connectivity index (χ2n) is 7.43. The fourth-order valence-corrected chi connectivity index (χ4v) is 5.75. The zero-order valence-electron chi connectivity index (χ0n) is 15.1. The Morgan fingerprint density at radius 1 is 1.08 bits per heavy atom. The molecule has 3 heterocycles. The van der Waals surface area contributed by atoms with E-state index in [1.807, 2.05) is 11.3 Å². The molecular formula is C22H24N2S. The molecule has 0 unspecified atom stereocenters. The lowest BCUT2D eigenvalue weighted by Gasteiger charge is -2.29. The van der Waals surface area contributed by atoms with E-state index in [-0.39, 0.29) is 0 Å². The van der Waals surface area contributed by atoms with E-state index < -0.39 is 0 Å². The molecule has 0 fully saturated rings. The van der Waals surface area contributed by atoms with Crippen LogP contribution in [0.25, 0.3) is 21.3 Å². The maximum absolute atomic E-state index is 5.14. The van der Waals surface area contributed by atoms with Crippen LogP contribution in [-0.4, -0.2) is 23.0 Å². The summed E-state index contributed by atoms with van der Waals surface area (Å²) in [6, 6.07) is 9.13. The number of hydrogen-bond donors (Lipinski definition) is 0. The van der Waals surface area contributed by atoms with Gasteiger partial charge < -0.3 is 0 Å². The Hall–Kier alpha value is -1.71. The van der Waals surface area contributed by atoms with Crippen molar-refractivity contribution in [3.63, 3.8) is 0 Å². The highest BCUT2D eigenvalue weighted by atomic mass is 32.1. The van der Waals surface area contributed by atoms with Crippen molar-refractivity contribution in [2.24, 2.45) is 0 Å². The highest BCUT2D eigenvalue weighted by Gasteiger charge is 2.27. The summed E-state index contributed by atoms with van der Waals surface area (Å²) in [7, 11) is 0. The van der Waals surface area contributed by atoms with Crippen LogP contribution in [0.2, 0.25) is 0 Å². The first kappa shape index (κ1) is 15.5. The van der Waals surface area contributed by atoms with Crippen molar-refractivity contribution >= 4 is 21.6 Å². The lowest BCUT2D eigenvalue weighted by atomic mass is 9.90. The quantitative estimate of drug-likeness (QED) is 0.637. The molecule has 25 heavy (non-hydrogen) atoms. The van der Waals surface area contributed by atoms with E-state index in [1.165, 1.54) is 57.4 Å². The fourth-order valence-electron chi connectivity index (χ4n) is 4.46. The van der Waals surface area contributed by atoms with Gasteiger partial charge in [0.25, 0.3) is 0 Å². The van der Waals surface area contributed by atoms with Gasteiger partial charge >= 0.3 is 0 Å². The Morgan fingerprint density at radius 2 is 1.92 bits per heavy atom. The third kappa shape index (κ3) is 2.44. The Morgan fingerprint density at radius 3 is 2.72 bits per heavy atom. The molecule has 0 amide bonds. The van der Waals surface area contributed by atoms with Gasteiger partial charge in [-0.2, -0.15) is 0 Å². The minimum Gasteiger partial charge on any atom is -0.299 e. The number of hydrogen-bond acceptors (Lipinski definition) is 3. The number of rotatable bonds is 2. The number of nitrogens with zero attached hydrogens (tertiary/aromatic N) is 2. The van der Waals surface area contributed by atoms with Gasteiger partial charge in [-0.3, -0.25) is 4.90 Å². The number of pyridine rings is 1. The van der Waals surface area contributed by atoms with Crippen molar-refractivity contribution in [1.82, 2.24) is 9.88 Å². The standard InChI is InChI=1S/C22H24N2S/c1-3-24-12-11-18-17(13-24)20(15-9-7-14(2)8-10-15)21-16-5-4-6-19(16)25-22(21)23-18/h7-10H,3-6,11-13H2,1-2H3. The molecule has 128 valence electrons. The molecule has 0 bridgehead atoms. The van der Waals surface area contributed by atoms with Crippen molar-refractivity contribution < 1.29 is 0 Å². The Kier molecular flexibility index (Phi) is 3.68. The Balaban J connectivity index is 1.83. The smallest absolute Gasteiger partial charge is 0.124 e. The normalized spacial score (nSPS) is 17.0. The molecule has 0 atom stereocenters. The Labute approximate surface area is 153 Å². The van der Waals surface area contributed by atoms with Gasteiger partial charge in [0.2, 0.25) is 0 Å². The zero-order chi connectivity index (χ0) is 17.0. The third-order valence-electron chi connectivity index (χ3n) is 5.87. The molecule has 3 aromatic rings. The van der Waals surface area contributed by atoms with Crippen LogP contribution >= 0.6 is 11.3 Å². The van der Waals surface area contributed by atoms with E-state index in [2.05, 4.69) is 43.0 Å². The number of benzene rings is 1. The van der Waals surface area contributed by atoms with Crippen LogP contribution in [0, 0.1) is 6.92 Å². The molecule has 0 N–H and O–H groups in total. The van der Waals surface area contributed by atoms with Gasteiger partial charge in [0, 0.05) is 35.5 Å². The van der Waals surface area contributed by atoms with Gasteiger partial charge in [-0.05, 0) is 55.0 Å². The SMILES string of the molecule is CCN1CCc2nc3sc4c(c3c(-c3ccc(C)cc3)c2C1)CCC4. The average molecular weight is 349 g/mol. The molecular weight excluding hydrogens is 324 g/mol. The highest BCUT2D eigenvalue weighted by molar-refractivity contribution is 7.19. The monoisotopic (exact) mass is 348 g/mol. The van der Waals surface area contributed by atoms with E-state index in [0.29, 0.717) is 0 Å². The zero-order valence-corrected chi connectivity index (χ0v) is 15.9. The molecule has 0 saturated carbocycles. The molecule has 3 heteroatoms. The van der Waals surface area contributed by atoms with Crippen molar-refractivity contribution in [1.29, 1.82) is 0 Å². The molecule has 0 spiro atoms. The lowest BCUT2D eigenvalue weighted by molar-refractivity contribution is 0.266. The summed E-state index contributed by atoms with van der Waals surface area (Å²) < 4.78 is 0. The van der Waals surface area contributed by atoms with Crippen molar-refractivity contribution in [3.05, 3.63) is 51.5 Å². The van der Waals surface area contributed by atoms with Crippen LogP contribution in [0.5, 0.6) is 0 Å². The first-order chi connectivity index (χ1) is 12.2. The van der Waals surface area contributed by atoms with E-state index in [9.17, 15) is 0 Å². The number of likely N-dealkylation sites (N-methyl/N-ethyl adjacent to an activating group) is 1. The highest BCUT2D eigenvalue weighted by Crippen LogP contribution is 2.44. The predicted molar refractivity (Wildman–Crippen MR) is 106 cm³/mol. The molecule has 2 aliphatic rings. The molecule has 2 nitrogen and oxygen atoms in total. The lowest BCUT2D eigenvalue weighted by Crippen LogP contribution is -2.31. The number of thiophene rings is 1. The van der Waals surface area contributed by atoms with Gasteiger partial charge in [-0.1, -0.05) is 36.8 Å². The summed E-state index contributed by atoms with van der Waals surface area (Å²) in [6.07, 6.45) is 4.87. The van der Waals surface area contributed by atoms with Crippen LogP contribution in [0.15, 0.2) is 24.3 Å². The van der Waals surface area contributed by atoms with E-state index in [0.717, 1.165) is 26.1 Å². The molecule has 0 saturated heterocycles. The van der Waals surface area contributed by atoms with E-state index in [4.69, 9.17) is 4.98 Å². The van der Waals surface area contributed by atoms with Gasteiger partial charge in [0.1, 0.15) is 4.83 Å². The largest absolute Gasteiger partial charge is 0.299 e. The summed E-state index contributed by atoms with van der Waals surface area (Å²) >= 11 is 1.95. The molecule has 1 aliphatic heterocycles. The topological polar surface area (TPSA) is 16.1 Å².